The Morgan fingerprint density at radius 2 is 1.87 bits per heavy atom. The van der Waals surface area contributed by atoms with E-state index in [4.69, 9.17) is 16.3 Å². The van der Waals surface area contributed by atoms with E-state index in [1.54, 1.807) is 18.2 Å². The average molecular weight is 429 g/mol. The third kappa shape index (κ3) is 4.35. The van der Waals surface area contributed by atoms with Crippen LogP contribution < -0.4 is 4.74 Å². The van der Waals surface area contributed by atoms with Gasteiger partial charge >= 0.3 is 0 Å². The first-order valence-corrected chi connectivity index (χ1v) is 10.1. The molecule has 30 heavy (non-hydrogen) atoms. The first-order valence-electron chi connectivity index (χ1n) is 9.76. The lowest BCUT2D eigenvalue weighted by Crippen LogP contribution is -2.35. The topological polar surface area (TPSA) is 70.1 Å². The molecule has 3 rings (SSSR count). The number of benzene rings is 2. The van der Waals surface area contributed by atoms with Crippen molar-refractivity contribution in [3.05, 3.63) is 70.3 Å². The zero-order valence-electron chi connectivity index (χ0n) is 17.3. The van der Waals surface area contributed by atoms with Gasteiger partial charge in [0.1, 0.15) is 11.5 Å². The van der Waals surface area contributed by atoms with Gasteiger partial charge < -0.3 is 19.6 Å². The van der Waals surface area contributed by atoms with Gasteiger partial charge in [-0.05, 0) is 44.8 Å². The predicted octanol–water partition coefficient (Wildman–Crippen LogP) is 3.72. The molecule has 1 fully saturated rings. The van der Waals surface area contributed by atoms with Crippen molar-refractivity contribution < 1.29 is 19.4 Å². The minimum atomic E-state index is -0.701. The number of likely N-dealkylation sites (N-methyl/N-ethyl adjacent to an activating group) is 1. The summed E-state index contributed by atoms with van der Waals surface area (Å²) in [5, 5.41) is 11.5. The Labute approximate surface area is 181 Å². The number of hydrogen-bond donors (Lipinski definition) is 1. The number of ether oxygens (including phenoxy) is 1. The number of aliphatic hydroxyl groups is 1. The summed E-state index contributed by atoms with van der Waals surface area (Å²) in [4.78, 5) is 29.3. The fourth-order valence-electron chi connectivity index (χ4n) is 3.47. The second-order valence-electron chi connectivity index (χ2n) is 7.28. The summed E-state index contributed by atoms with van der Waals surface area (Å²) in [6.07, 6.45) is 0. The van der Waals surface area contributed by atoms with Gasteiger partial charge in [0.05, 0.1) is 23.2 Å². The quantitative estimate of drug-likeness (QED) is 0.413. The normalized spacial score (nSPS) is 18.3. The van der Waals surface area contributed by atoms with Crippen LogP contribution in [0.25, 0.3) is 5.76 Å². The molecule has 2 aromatic carbocycles. The molecule has 6 nitrogen and oxygen atoms in total. The van der Waals surface area contributed by atoms with Crippen LogP contribution in [0.4, 0.5) is 0 Å². The summed E-state index contributed by atoms with van der Waals surface area (Å²) in [5.41, 5.74) is 1.19. The van der Waals surface area contributed by atoms with Gasteiger partial charge in [-0.15, -0.1) is 0 Å². The van der Waals surface area contributed by atoms with Crippen molar-refractivity contribution in [3.63, 3.8) is 0 Å². The van der Waals surface area contributed by atoms with Gasteiger partial charge in [-0.25, -0.2) is 0 Å². The number of rotatable bonds is 7. The molecule has 0 bridgehead atoms. The van der Waals surface area contributed by atoms with Crippen molar-refractivity contribution in [2.45, 2.75) is 13.0 Å². The second kappa shape index (κ2) is 9.32. The highest BCUT2D eigenvalue weighted by atomic mass is 35.5. The molecular weight excluding hydrogens is 404 g/mol. The van der Waals surface area contributed by atoms with Gasteiger partial charge in [0.2, 0.25) is 0 Å². The molecule has 1 aliphatic rings. The number of aliphatic hydroxyl groups excluding tert-OH is 1. The molecule has 1 unspecified atom stereocenters. The monoisotopic (exact) mass is 428 g/mol. The summed E-state index contributed by atoms with van der Waals surface area (Å²) < 4.78 is 5.50. The van der Waals surface area contributed by atoms with Crippen molar-refractivity contribution in [2.75, 3.05) is 33.8 Å². The van der Waals surface area contributed by atoms with E-state index >= 15 is 0 Å². The van der Waals surface area contributed by atoms with Gasteiger partial charge in [-0.1, -0.05) is 41.9 Å². The van der Waals surface area contributed by atoms with Crippen LogP contribution in [0.2, 0.25) is 5.02 Å². The lowest BCUT2D eigenvalue weighted by Gasteiger charge is -2.26. The number of Topliss-reactive ketones (excluding diaryl/α,β-unsaturated/α-hetero) is 1. The molecule has 1 atom stereocenters. The molecule has 0 aromatic heterocycles. The summed E-state index contributed by atoms with van der Waals surface area (Å²) in [5.74, 6) is -1.16. The van der Waals surface area contributed by atoms with Crippen molar-refractivity contribution in [1.29, 1.82) is 0 Å². The van der Waals surface area contributed by atoms with E-state index in [0.29, 0.717) is 36.0 Å². The Balaban J connectivity index is 2.13. The van der Waals surface area contributed by atoms with Gasteiger partial charge in [0.15, 0.2) is 0 Å². The maximum Gasteiger partial charge on any atom is 0.295 e. The van der Waals surface area contributed by atoms with E-state index in [-0.39, 0.29) is 11.3 Å². The van der Waals surface area contributed by atoms with Crippen molar-refractivity contribution >= 4 is 29.1 Å². The average Bonchev–Trinajstić information content (AvgIpc) is 2.98. The summed E-state index contributed by atoms with van der Waals surface area (Å²) in [6, 6.07) is 13.4. The molecule has 1 N–H and O–H groups in total. The van der Waals surface area contributed by atoms with E-state index in [1.165, 1.54) is 4.90 Å². The molecule has 0 spiro atoms. The van der Waals surface area contributed by atoms with E-state index < -0.39 is 17.7 Å². The maximum atomic E-state index is 13.0. The molecule has 158 valence electrons. The third-order valence-corrected chi connectivity index (χ3v) is 5.26. The number of nitrogens with zero attached hydrogens (tertiary/aromatic N) is 2. The first kappa shape index (κ1) is 21.9. The van der Waals surface area contributed by atoms with Gasteiger partial charge in [0, 0.05) is 18.7 Å². The highest BCUT2D eigenvalue weighted by Crippen LogP contribution is 2.40. The number of carbonyl (C=O) groups excluding carboxylic acids is 2. The number of amides is 1. The fourth-order valence-corrected chi connectivity index (χ4v) is 3.64. The second-order valence-corrected chi connectivity index (χ2v) is 7.69. The van der Waals surface area contributed by atoms with E-state index in [0.717, 1.165) is 5.56 Å². The number of hydrogen-bond acceptors (Lipinski definition) is 5. The molecule has 2 aromatic rings. The zero-order chi connectivity index (χ0) is 21.8. The van der Waals surface area contributed by atoms with Gasteiger partial charge in [-0.2, -0.15) is 0 Å². The van der Waals surface area contributed by atoms with Crippen LogP contribution in [0.1, 0.15) is 24.1 Å². The van der Waals surface area contributed by atoms with Crippen LogP contribution in [-0.2, 0) is 9.59 Å². The molecule has 1 amide bonds. The van der Waals surface area contributed by atoms with Gasteiger partial charge in [-0.3, -0.25) is 9.59 Å². The Bertz CT molecular complexity index is 972. The number of ketones is 1. The summed E-state index contributed by atoms with van der Waals surface area (Å²) in [6.45, 7) is 3.18. The van der Waals surface area contributed by atoms with Crippen LogP contribution in [0, 0.1) is 0 Å². The summed E-state index contributed by atoms with van der Waals surface area (Å²) in [7, 11) is 3.80. The molecule has 1 heterocycles. The van der Waals surface area contributed by atoms with E-state index in [9.17, 15) is 14.7 Å². The maximum absolute atomic E-state index is 13.0. The van der Waals surface area contributed by atoms with Crippen LogP contribution in [0.15, 0.2) is 54.1 Å². The standard InChI is InChI=1S/C23H25ClN2O4/c1-4-30-18-14-16(10-11-17(18)24)21(27)19-20(15-8-6-5-7-9-15)26(13-12-25(2)3)23(29)22(19)28/h5-11,14,20,27H,4,12-13H2,1-3H3/b21-19-. The lowest BCUT2D eigenvalue weighted by atomic mass is 9.95. The number of likely N-dealkylation sites (tertiary alicyclic amines) is 1. The van der Waals surface area contributed by atoms with E-state index in [2.05, 4.69) is 0 Å². The SMILES string of the molecule is CCOc1cc(/C(O)=C2/C(=O)C(=O)N(CCN(C)C)C2c2ccccc2)ccc1Cl. The highest BCUT2D eigenvalue weighted by molar-refractivity contribution is 6.46. The highest BCUT2D eigenvalue weighted by Gasteiger charge is 2.45. The Hall–Kier alpha value is -2.83. The zero-order valence-corrected chi connectivity index (χ0v) is 18.0. The lowest BCUT2D eigenvalue weighted by molar-refractivity contribution is -0.140. The molecule has 0 saturated carbocycles. The third-order valence-electron chi connectivity index (χ3n) is 4.95. The van der Waals surface area contributed by atoms with Crippen LogP contribution >= 0.6 is 11.6 Å². The van der Waals surface area contributed by atoms with Crippen molar-refractivity contribution in [2.24, 2.45) is 0 Å². The number of carbonyl (C=O) groups is 2. The minimum absolute atomic E-state index is 0.0646. The molecule has 0 aliphatic carbocycles. The van der Waals surface area contributed by atoms with Gasteiger partial charge in [0.25, 0.3) is 11.7 Å². The molecule has 0 radical (unpaired) electrons. The Kier molecular flexibility index (Phi) is 6.80. The number of halogens is 1. The van der Waals surface area contributed by atoms with E-state index in [1.807, 2.05) is 56.3 Å². The first-order chi connectivity index (χ1) is 14.3. The summed E-state index contributed by atoms with van der Waals surface area (Å²) >= 11 is 6.15. The minimum Gasteiger partial charge on any atom is -0.507 e. The largest absolute Gasteiger partial charge is 0.507 e. The van der Waals surface area contributed by atoms with Crippen LogP contribution in [0.5, 0.6) is 5.75 Å². The fraction of sp³-hybridized carbons (Fsp3) is 0.304. The van der Waals surface area contributed by atoms with Crippen molar-refractivity contribution in [3.8, 4) is 5.75 Å². The Morgan fingerprint density at radius 1 is 1.17 bits per heavy atom. The smallest absolute Gasteiger partial charge is 0.295 e. The molecular formula is C23H25ClN2O4. The molecule has 7 heteroatoms. The molecule has 1 aliphatic heterocycles. The van der Waals surface area contributed by atoms with Crippen LogP contribution in [-0.4, -0.2) is 60.4 Å². The van der Waals surface area contributed by atoms with Crippen LogP contribution in [0.3, 0.4) is 0 Å². The Morgan fingerprint density at radius 3 is 2.50 bits per heavy atom. The predicted molar refractivity (Wildman–Crippen MR) is 117 cm³/mol. The molecule has 1 saturated heterocycles. The van der Waals surface area contributed by atoms with Crippen molar-refractivity contribution in [1.82, 2.24) is 9.80 Å².